The first-order valence-corrected chi connectivity index (χ1v) is 21.2. The van der Waals surface area contributed by atoms with Crippen LogP contribution in [0, 0.1) is 12.7 Å². The lowest BCUT2D eigenvalue weighted by Crippen LogP contribution is -2.52. The van der Waals surface area contributed by atoms with Crippen molar-refractivity contribution in [1.82, 2.24) is 15.1 Å². The number of halogens is 2. The molecule has 11 heteroatoms. The molecule has 7 rings (SSSR count). The molecule has 2 N–H and O–H groups in total. The Balaban J connectivity index is 0.845. The fraction of sp³-hybridized carbons (Fsp3) is 0.435. The Labute approximate surface area is 342 Å². The summed E-state index contributed by atoms with van der Waals surface area (Å²) in [6.07, 6.45) is 8.23. The second kappa shape index (κ2) is 17.8. The maximum absolute atomic E-state index is 15.4. The summed E-state index contributed by atoms with van der Waals surface area (Å²) in [4.78, 5) is 53.6. The molecule has 300 valence electrons. The van der Waals surface area contributed by atoms with E-state index in [1.165, 1.54) is 33.0 Å². The number of aryl methyl sites for hydroxylation is 2. The van der Waals surface area contributed by atoms with Gasteiger partial charge in [0, 0.05) is 59.6 Å². The summed E-state index contributed by atoms with van der Waals surface area (Å²) >= 11 is 3.59. The molecule has 4 aromatic carbocycles. The highest BCUT2D eigenvalue weighted by Gasteiger charge is 2.40. The van der Waals surface area contributed by atoms with Crippen LogP contribution < -0.4 is 15.4 Å². The highest BCUT2D eigenvalue weighted by atomic mass is 79.9. The summed E-state index contributed by atoms with van der Waals surface area (Å²) < 4.78 is 22.3. The van der Waals surface area contributed by atoms with Crippen molar-refractivity contribution in [3.8, 4) is 5.75 Å². The van der Waals surface area contributed by atoms with Crippen LogP contribution in [-0.4, -0.2) is 59.7 Å². The fourth-order valence-corrected chi connectivity index (χ4v) is 9.24. The third-order valence-corrected chi connectivity index (χ3v) is 12.5. The zero-order chi connectivity index (χ0) is 40.2. The van der Waals surface area contributed by atoms with Gasteiger partial charge >= 0.3 is 0 Å². The molecule has 0 saturated carbocycles. The van der Waals surface area contributed by atoms with Crippen LogP contribution >= 0.6 is 15.9 Å². The molecule has 0 radical (unpaired) electrons. The number of hydrogen-bond donors (Lipinski definition) is 2. The Kier molecular flexibility index (Phi) is 12.6. The van der Waals surface area contributed by atoms with E-state index in [9.17, 15) is 19.2 Å². The van der Waals surface area contributed by atoms with E-state index < -0.39 is 17.8 Å². The number of nitrogens with zero attached hydrogens (tertiary/aromatic N) is 2. The van der Waals surface area contributed by atoms with Crippen LogP contribution in [0.15, 0.2) is 65.1 Å². The molecule has 1 unspecified atom stereocenters. The van der Waals surface area contributed by atoms with Gasteiger partial charge in [0.2, 0.25) is 17.7 Å². The average molecular weight is 840 g/mol. The number of unbranched alkanes of at least 4 members (excludes halogenated alkanes) is 4. The van der Waals surface area contributed by atoms with E-state index in [0.717, 1.165) is 59.8 Å². The molecule has 0 aromatic heterocycles. The summed E-state index contributed by atoms with van der Waals surface area (Å²) in [5.41, 5.74) is 6.27. The molecule has 2 saturated heterocycles. The smallest absolute Gasteiger partial charge is 0.255 e. The zero-order valence-electron chi connectivity index (χ0n) is 33.1. The number of amides is 4. The van der Waals surface area contributed by atoms with Gasteiger partial charge in [-0.15, -0.1) is 0 Å². The van der Waals surface area contributed by atoms with Crippen molar-refractivity contribution >= 4 is 56.0 Å². The van der Waals surface area contributed by atoms with Crippen LogP contribution in [-0.2, 0) is 27.3 Å². The molecule has 2 atom stereocenters. The Hall–Kier alpha value is -4.77. The van der Waals surface area contributed by atoms with Crippen molar-refractivity contribution in [3.63, 3.8) is 0 Å². The first-order chi connectivity index (χ1) is 27.5. The number of likely N-dealkylation sites (tertiary alicyclic amines) is 1. The maximum atomic E-state index is 15.4. The second-order valence-electron chi connectivity index (χ2n) is 16.0. The lowest BCUT2D eigenvalue weighted by Gasteiger charge is -2.32. The topological polar surface area (TPSA) is 108 Å². The van der Waals surface area contributed by atoms with Gasteiger partial charge in [-0.3, -0.25) is 24.5 Å². The van der Waals surface area contributed by atoms with Gasteiger partial charge in [-0.2, -0.15) is 0 Å². The minimum absolute atomic E-state index is 0.0470. The number of fused-ring (bicyclic) bond motifs is 2. The lowest BCUT2D eigenvalue weighted by atomic mass is 9.87. The minimum atomic E-state index is -0.733. The zero-order valence-corrected chi connectivity index (χ0v) is 34.7. The molecule has 0 bridgehead atoms. The number of anilines is 1. The second-order valence-corrected chi connectivity index (χ2v) is 16.9. The van der Waals surface area contributed by atoms with Gasteiger partial charge in [-0.1, -0.05) is 59.5 Å². The van der Waals surface area contributed by atoms with Gasteiger partial charge < -0.3 is 19.9 Å². The van der Waals surface area contributed by atoms with Crippen LogP contribution in [0.25, 0.3) is 10.8 Å². The van der Waals surface area contributed by atoms with Crippen molar-refractivity contribution < 1.29 is 28.3 Å². The molecular weight excluding hydrogens is 787 g/mol. The molecule has 0 spiro atoms. The summed E-state index contributed by atoms with van der Waals surface area (Å²) in [6.45, 7) is 5.69. The fourth-order valence-electron chi connectivity index (χ4n) is 8.83. The summed E-state index contributed by atoms with van der Waals surface area (Å²) in [6, 6.07) is 19.7. The van der Waals surface area contributed by atoms with E-state index in [0.29, 0.717) is 43.5 Å². The first-order valence-electron chi connectivity index (χ1n) is 20.4. The molecule has 57 heavy (non-hydrogen) atoms. The van der Waals surface area contributed by atoms with Gasteiger partial charge in [-0.05, 0) is 128 Å². The Morgan fingerprint density at radius 3 is 2.51 bits per heavy atom. The molecule has 4 amide bonds. The maximum Gasteiger partial charge on any atom is 0.255 e. The molecule has 2 fully saturated rings. The number of carbonyl (C=O) groups excluding carboxylic acids is 4. The largest absolute Gasteiger partial charge is 0.496 e. The van der Waals surface area contributed by atoms with Gasteiger partial charge in [0.15, 0.2) is 0 Å². The van der Waals surface area contributed by atoms with Gasteiger partial charge in [-0.25, -0.2) is 4.39 Å². The van der Waals surface area contributed by atoms with E-state index in [-0.39, 0.29) is 54.6 Å². The van der Waals surface area contributed by atoms with Crippen molar-refractivity contribution in [1.29, 1.82) is 0 Å². The molecule has 9 nitrogen and oxygen atoms in total. The molecule has 4 aromatic rings. The van der Waals surface area contributed by atoms with E-state index in [1.54, 1.807) is 13.2 Å². The highest BCUT2D eigenvalue weighted by molar-refractivity contribution is 9.10. The molecule has 0 aliphatic carbocycles. The number of methoxy groups -OCH3 is 1. The van der Waals surface area contributed by atoms with E-state index in [1.807, 2.05) is 11.0 Å². The van der Waals surface area contributed by atoms with Crippen LogP contribution in [0.1, 0.15) is 121 Å². The number of carbonyl (C=O) groups is 4. The first kappa shape index (κ1) is 40.4. The van der Waals surface area contributed by atoms with Crippen LogP contribution in [0.3, 0.4) is 0 Å². The molecular formula is C46H52BrFN4O5. The summed E-state index contributed by atoms with van der Waals surface area (Å²) in [5, 5.41) is 8.37. The van der Waals surface area contributed by atoms with Crippen molar-refractivity contribution in [2.45, 2.75) is 109 Å². The van der Waals surface area contributed by atoms with Gasteiger partial charge in [0.1, 0.15) is 17.6 Å². The third kappa shape index (κ3) is 9.19. The SMILES string of the molecule is COc1cc2c(N[C@H](C)c3cccc(Br)c3)cc(C)cc2cc1CCCCCCCC(=O)N1CCC(c2cc3c(cc2F)C(=O)N(C2CCC(=O)NC2=O)C3)CC1. The monoisotopic (exact) mass is 838 g/mol. The Bertz CT molecular complexity index is 2180. The quantitative estimate of drug-likeness (QED) is 0.0969. The van der Waals surface area contributed by atoms with Crippen molar-refractivity contribution in [2.24, 2.45) is 0 Å². The van der Waals surface area contributed by atoms with E-state index in [4.69, 9.17) is 4.74 Å². The minimum Gasteiger partial charge on any atom is -0.496 e. The van der Waals surface area contributed by atoms with Crippen LogP contribution in [0.2, 0.25) is 0 Å². The number of rotatable bonds is 14. The predicted molar refractivity (Wildman–Crippen MR) is 224 cm³/mol. The van der Waals surface area contributed by atoms with Crippen LogP contribution in [0.4, 0.5) is 10.1 Å². The number of benzene rings is 4. The molecule has 3 aliphatic rings. The molecule has 3 heterocycles. The van der Waals surface area contributed by atoms with Crippen LogP contribution in [0.5, 0.6) is 5.75 Å². The number of piperidine rings is 2. The Morgan fingerprint density at radius 2 is 1.75 bits per heavy atom. The Morgan fingerprint density at radius 1 is 0.982 bits per heavy atom. The van der Waals surface area contributed by atoms with E-state index in [2.05, 4.69) is 82.9 Å². The van der Waals surface area contributed by atoms with Crippen molar-refractivity contribution in [3.05, 3.63) is 104 Å². The number of imide groups is 1. The summed E-state index contributed by atoms with van der Waals surface area (Å²) in [7, 11) is 1.74. The normalized spacial score (nSPS) is 17.8. The third-order valence-electron chi connectivity index (χ3n) is 12.0. The molecule has 3 aliphatic heterocycles. The summed E-state index contributed by atoms with van der Waals surface area (Å²) in [5.74, 6) is -0.607. The highest BCUT2D eigenvalue weighted by Crippen LogP contribution is 2.37. The van der Waals surface area contributed by atoms with E-state index >= 15 is 4.39 Å². The standard InChI is InChI=1S/C46H52BrFN4O5/c1-28-20-33-22-32(42(57-3)26-37(33)40(21-28)49-29(2)31-11-9-12-35(47)23-31)10-7-5-4-6-8-13-44(54)51-18-16-30(17-19-51)36-24-34-27-52(46(56)38(34)25-39(36)48)41-14-15-43(53)50-45(41)55/h9,11-12,20-26,29-30,41,49H,4-8,10,13-19,27H2,1-3H3,(H,50,53,55)/t29-,41?/m1/s1. The predicted octanol–water partition coefficient (Wildman–Crippen LogP) is 9.28. The number of ether oxygens (including phenoxy) is 1. The lowest BCUT2D eigenvalue weighted by molar-refractivity contribution is -0.137. The van der Waals surface area contributed by atoms with Gasteiger partial charge in [0.05, 0.1) is 7.11 Å². The number of nitrogens with one attached hydrogen (secondary N) is 2. The number of hydrogen-bond acceptors (Lipinski definition) is 6. The van der Waals surface area contributed by atoms with Crippen molar-refractivity contribution in [2.75, 3.05) is 25.5 Å². The van der Waals surface area contributed by atoms with Gasteiger partial charge in [0.25, 0.3) is 5.91 Å². The average Bonchev–Trinajstić information content (AvgIpc) is 3.50.